The second-order valence-electron chi connectivity index (χ2n) is 4.62. The minimum atomic E-state index is 0.365. The maximum atomic E-state index is 5.35. The summed E-state index contributed by atoms with van der Waals surface area (Å²) in [4.78, 5) is 8.81. The Balaban J connectivity index is 2.82. The number of anilines is 2. The van der Waals surface area contributed by atoms with Crippen LogP contribution in [0.4, 0.5) is 11.6 Å². The number of ether oxygens (including phenoxy) is 1. The first-order valence-corrected chi connectivity index (χ1v) is 6.46. The SMILES string of the molecule is CCOCc1nc(NC)cc(NC(C)C(C)C)n1. The molecule has 0 aromatic carbocycles. The van der Waals surface area contributed by atoms with Crippen LogP contribution >= 0.6 is 0 Å². The summed E-state index contributed by atoms with van der Waals surface area (Å²) in [5, 5.41) is 6.43. The molecule has 1 unspecified atom stereocenters. The van der Waals surface area contributed by atoms with Crippen LogP contribution in [0.1, 0.15) is 33.5 Å². The molecule has 0 amide bonds. The largest absolute Gasteiger partial charge is 0.374 e. The molecule has 102 valence electrons. The summed E-state index contributed by atoms with van der Waals surface area (Å²) in [5.41, 5.74) is 0. The average molecular weight is 252 g/mol. The fraction of sp³-hybridized carbons (Fsp3) is 0.692. The number of hydrogen-bond acceptors (Lipinski definition) is 5. The lowest BCUT2D eigenvalue weighted by atomic mass is 10.1. The van der Waals surface area contributed by atoms with E-state index in [1.165, 1.54) is 0 Å². The lowest BCUT2D eigenvalue weighted by Crippen LogP contribution is -2.22. The molecule has 0 aliphatic rings. The number of nitrogens with zero attached hydrogens (tertiary/aromatic N) is 2. The first-order chi connectivity index (χ1) is 8.56. The van der Waals surface area contributed by atoms with Crippen LogP contribution in [0.3, 0.4) is 0 Å². The predicted molar refractivity (Wildman–Crippen MR) is 74.8 cm³/mol. The van der Waals surface area contributed by atoms with Gasteiger partial charge in [-0.3, -0.25) is 0 Å². The van der Waals surface area contributed by atoms with E-state index in [9.17, 15) is 0 Å². The third-order valence-corrected chi connectivity index (χ3v) is 2.84. The Hall–Kier alpha value is -1.36. The highest BCUT2D eigenvalue weighted by Gasteiger charge is 2.09. The molecule has 1 atom stereocenters. The zero-order valence-electron chi connectivity index (χ0n) is 11.9. The van der Waals surface area contributed by atoms with Gasteiger partial charge in [0.25, 0.3) is 0 Å². The van der Waals surface area contributed by atoms with Crippen molar-refractivity contribution in [2.75, 3.05) is 24.3 Å². The predicted octanol–water partition coefficient (Wildman–Crippen LogP) is 2.51. The first kappa shape index (κ1) is 14.7. The Bertz CT molecular complexity index is 368. The zero-order chi connectivity index (χ0) is 13.5. The molecule has 5 heteroatoms. The van der Waals surface area contributed by atoms with Crippen molar-refractivity contribution in [3.05, 3.63) is 11.9 Å². The molecular weight excluding hydrogens is 228 g/mol. The fourth-order valence-electron chi connectivity index (χ4n) is 1.36. The molecular formula is C13H24N4O. The van der Waals surface area contributed by atoms with E-state index in [2.05, 4.69) is 41.4 Å². The minimum absolute atomic E-state index is 0.365. The molecule has 5 nitrogen and oxygen atoms in total. The maximum absolute atomic E-state index is 5.35. The van der Waals surface area contributed by atoms with E-state index in [0.717, 1.165) is 11.6 Å². The van der Waals surface area contributed by atoms with E-state index in [1.807, 2.05) is 20.0 Å². The van der Waals surface area contributed by atoms with Crippen LogP contribution in [-0.2, 0) is 11.3 Å². The van der Waals surface area contributed by atoms with Gasteiger partial charge < -0.3 is 15.4 Å². The van der Waals surface area contributed by atoms with E-state index in [1.54, 1.807) is 0 Å². The molecule has 0 aliphatic carbocycles. The molecule has 1 heterocycles. The van der Waals surface area contributed by atoms with E-state index >= 15 is 0 Å². The van der Waals surface area contributed by atoms with Crippen molar-refractivity contribution in [1.29, 1.82) is 0 Å². The van der Waals surface area contributed by atoms with Crippen molar-refractivity contribution in [1.82, 2.24) is 9.97 Å². The fourth-order valence-corrected chi connectivity index (χ4v) is 1.36. The van der Waals surface area contributed by atoms with Gasteiger partial charge in [0.1, 0.15) is 18.2 Å². The topological polar surface area (TPSA) is 59.1 Å². The van der Waals surface area contributed by atoms with Crippen LogP contribution in [0, 0.1) is 5.92 Å². The van der Waals surface area contributed by atoms with E-state index < -0.39 is 0 Å². The normalized spacial score (nSPS) is 12.6. The zero-order valence-corrected chi connectivity index (χ0v) is 11.9. The van der Waals surface area contributed by atoms with Gasteiger partial charge >= 0.3 is 0 Å². The van der Waals surface area contributed by atoms with Crippen molar-refractivity contribution in [2.24, 2.45) is 5.92 Å². The second-order valence-corrected chi connectivity index (χ2v) is 4.62. The van der Waals surface area contributed by atoms with Crippen molar-refractivity contribution >= 4 is 11.6 Å². The lowest BCUT2D eigenvalue weighted by molar-refractivity contribution is 0.128. The molecule has 0 saturated carbocycles. The number of aromatic nitrogens is 2. The molecule has 0 fully saturated rings. The highest BCUT2D eigenvalue weighted by atomic mass is 16.5. The van der Waals surface area contributed by atoms with Gasteiger partial charge in [-0.05, 0) is 19.8 Å². The van der Waals surface area contributed by atoms with Gasteiger partial charge in [0.15, 0.2) is 5.82 Å². The van der Waals surface area contributed by atoms with Crippen LogP contribution in [0.2, 0.25) is 0 Å². The van der Waals surface area contributed by atoms with Gasteiger partial charge in [0.2, 0.25) is 0 Å². The molecule has 1 rings (SSSR count). The van der Waals surface area contributed by atoms with Crippen molar-refractivity contribution < 1.29 is 4.74 Å². The monoisotopic (exact) mass is 252 g/mol. The van der Waals surface area contributed by atoms with Gasteiger partial charge in [-0.15, -0.1) is 0 Å². The van der Waals surface area contributed by atoms with Crippen LogP contribution in [0.15, 0.2) is 6.07 Å². The van der Waals surface area contributed by atoms with Crippen molar-refractivity contribution in [3.63, 3.8) is 0 Å². The molecule has 0 aliphatic heterocycles. The standard InChI is InChI=1S/C13H24N4O/c1-6-18-8-13-16-11(14-5)7-12(17-13)15-10(4)9(2)3/h7,9-10H,6,8H2,1-5H3,(H2,14,15,16,17). The lowest BCUT2D eigenvalue weighted by Gasteiger charge is -2.19. The summed E-state index contributed by atoms with van der Waals surface area (Å²) in [5.74, 6) is 2.89. The highest BCUT2D eigenvalue weighted by Crippen LogP contribution is 2.14. The Morgan fingerprint density at radius 2 is 1.89 bits per heavy atom. The molecule has 0 bridgehead atoms. The Kier molecular flexibility index (Phi) is 5.85. The molecule has 18 heavy (non-hydrogen) atoms. The van der Waals surface area contributed by atoms with Crippen LogP contribution in [0.5, 0.6) is 0 Å². The van der Waals surface area contributed by atoms with Crippen LogP contribution in [-0.4, -0.2) is 29.7 Å². The smallest absolute Gasteiger partial charge is 0.158 e. The maximum Gasteiger partial charge on any atom is 0.158 e. The second kappa shape index (κ2) is 7.16. The third-order valence-electron chi connectivity index (χ3n) is 2.84. The summed E-state index contributed by atoms with van der Waals surface area (Å²) in [6.45, 7) is 9.57. The van der Waals surface area contributed by atoms with E-state index in [-0.39, 0.29) is 0 Å². The summed E-state index contributed by atoms with van der Waals surface area (Å²) >= 11 is 0. The minimum Gasteiger partial charge on any atom is -0.374 e. The van der Waals surface area contributed by atoms with Gasteiger partial charge in [0.05, 0.1) is 0 Å². The number of hydrogen-bond donors (Lipinski definition) is 2. The number of nitrogens with one attached hydrogen (secondary N) is 2. The first-order valence-electron chi connectivity index (χ1n) is 6.46. The van der Waals surface area contributed by atoms with Crippen molar-refractivity contribution in [3.8, 4) is 0 Å². The van der Waals surface area contributed by atoms with Gasteiger partial charge in [0, 0.05) is 25.8 Å². The van der Waals surface area contributed by atoms with Crippen LogP contribution in [0.25, 0.3) is 0 Å². The summed E-state index contributed by atoms with van der Waals surface area (Å²) in [6, 6.07) is 2.28. The Morgan fingerprint density at radius 3 is 2.44 bits per heavy atom. The Labute approximate surface area is 109 Å². The van der Waals surface area contributed by atoms with E-state index in [0.29, 0.717) is 31.0 Å². The van der Waals surface area contributed by atoms with Crippen LogP contribution < -0.4 is 10.6 Å². The van der Waals surface area contributed by atoms with Gasteiger partial charge in [-0.1, -0.05) is 13.8 Å². The number of rotatable bonds is 7. The van der Waals surface area contributed by atoms with Gasteiger partial charge in [-0.25, -0.2) is 9.97 Å². The summed E-state index contributed by atoms with van der Waals surface area (Å²) in [7, 11) is 1.85. The molecule has 1 aromatic rings. The van der Waals surface area contributed by atoms with Crippen molar-refractivity contribution in [2.45, 2.75) is 40.3 Å². The third kappa shape index (κ3) is 4.49. The summed E-state index contributed by atoms with van der Waals surface area (Å²) in [6.07, 6.45) is 0. The quantitative estimate of drug-likeness (QED) is 0.781. The molecule has 2 N–H and O–H groups in total. The van der Waals surface area contributed by atoms with E-state index in [4.69, 9.17) is 4.74 Å². The molecule has 1 aromatic heterocycles. The highest BCUT2D eigenvalue weighted by molar-refractivity contribution is 5.47. The Morgan fingerprint density at radius 1 is 1.22 bits per heavy atom. The van der Waals surface area contributed by atoms with Gasteiger partial charge in [-0.2, -0.15) is 0 Å². The average Bonchev–Trinajstić information content (AvgIpc) is 2.35. The summed E-state index contributed by atoms with van der Waals surface area (Å²) < 4.78 is 5.35. The molecule has 0 radical (unpaired) electrons. The molecule has 0 spiro atoms. The molecule has 0 saturated heterocycles.